The second-order valence-corrected chi connectivity index (χ2v) is 3.35. The van der Waals surface area contributed by atoms with Gasteiger partial charge in [0, 0.05) is 0 Å². The van der Waals surface area contributed by atoms with Gasteiger partial charge in [-0.1, -0.05) is 0 Å². The Morgan fingerprint density at radius 2 is 0.846 bits per heavy atom. The van der Waals surface area contributed by atoms with Gasteiger partial charge in [-0.25, -0.2) is 0 Å². The van der Waals surface area contributed by atoms with E-state index in [-0.39, 0.29) is 23.1 Å². The summed E-state index contributed by atoms with van der Waals surface area (Å²) in [6.07, 6.45) is 0. The minimum absolute atomic E-state index is 0. The van der Waals surface area contributed by atoms with Gasteiger partial charge in [0.15, 0.2) is 0 Å². The highest BCUT2D eigenvalue weighted by Crippen LogP contribution is 2.71. The molecule has 0 nitrogen and oxygen atoms in total. The SMILES string of the molecule is CC1(C)C(F)(F)C(F)(F)C1(F)F.[MgH2]. The van der Waals surface area contributed by atoms with Crippen LogP contribution in [0.15, 0.2) is 0 Å². The van der Waals surface area contributed by atoms with Crippen LogP contribution in [0.4, 0.5) is 26.3 Å². The summed E-state index contributed by atoms with van der Waals surface area (Å²) in [5.41, 5.74) is -2.97. The van der Waals surface area contributed by atoms with Crippen LogP contribution in [-0.2, 0) is 0 Å². The number of alkyl halides is 6. The highest BCUT2D eigenvalue weighted by molar-refractivity contribution is 5.75. The van der Waals surface area contributed by atoms with Crippen molar-refractivity contribution in [2.24, 2.45) is 5.41 Å². The first kappa shape index (κ1) is 13.3. The number of hydrogen-bond acceptors (Lipinski definition) is 0. The molecule has 0 unspecified atom stereocenters. The molecular weight excluding hydrogens is 210 g/mol. The van der Waals surface area contributed by atoms with Crippen LogP contribution in [0.3, 0.4) is 0 Å². The molecule has 0 aliphatic heterocycles. The summed E-state index contributed by atoms with van der Waals surface area (Å²) >= 11 is 0. The van der Waals surface area contributed by atoms with Crippen molar-refractivity contribution in [2.75, 3.05) is 0 Å². The van der Waals surface area contributed by atoms with Crippen LogP contribution >= 0.6 is 0 Å². The van der Waals surface area contributed by atoms with Crippen LogP contribution in [0.2, 0.25) is 0 Å². The standard InChI is InChI=1S/C6H6F6.Mg.2H/c1-3(2)4(7,8)6(11,12)5(3,9)10;;;/h1-2H3;;;. The van der Waals surface area contributed by atoms with Crippen molar-refractivity contribution in [3.63, 3.8) is 0 Å². The Hall–Kier alpha value is 0.346. The molecule has 7 heteroatoms. The lowest BCUT2D eigenvalue weighted by molar-refractivity contribution is -0.468. The third kappa shape index (κ3) is 1.00. The van der Waals surface area contributed by atoms with E-state index in [2.05, 4.69) is 0 Å². The monoisotopic (exact) mass is 218 g/mol. The van der Waals surface area contributed by atoms with E-state index in [1.54, 1.807) is 0 Å². The van der Waals surface area contributed by atoms with Crippen LogP contribution in [0.5, 0.6) is 0 Å². The number of rotatable bonds is 0. The van der Waals surface area contributed by atoms with E-state index >= 15 is 0 Å². The normalized spacial score (nSPS) is 31.4. The first-order valence-corrected chi connectivity index (χ1v) is 3.13. The predicted octanol–water partition coefficient (Wildman–Crippen LogP) is 2.02. The topological polar surface area (TPSA) is 0 Å². The summed E-state index contributed by atoms with van der Waals surface area (Å²) in [6, 6.07) is 0. The smallest absolute Gasteiger partial charge is 0.199 e. The maximum Gasteiger partial charge on any atom is 0.373 e. The van der Waals surface area contributed by atoms with Crippen LogP contribution in [0, 0.1) is 5.41 Å². The summed E-state index contributed by atoms with van der Waals surface area (Å²) in [6.45, 7) is 0.842. The van der Waals surface area contributed by atoms with Gasteiger partial charge in [-0.3, -0.25) is 0 Å². The Morgan fingerprint density at radius 3 is 0.923 bits per heavy atom. The Bertz CT molecular complexity index is 157. The van der Waals surface area contributed by atoms with Gasteiger partial charge in [0.05, 0.1) is 0 Å². The zero-order valence-electron chi connectivity index (χ0n) is 6.27. The molecule has 1 rings (SSSR count). The average Bonchev–Trinajstić information content (AvgIpc) is 1.84. The Balaban J connectivity index is 0.00000144. The van der Waals surface area contributed by atoms with E-state index in [0.29, 0.717) is 13.8 Å². The van der Waals surface area contributed by atoms with Crippen LogP contribution in [0.1, 0.15) is 13.8 Å². The third-order valence-corrected chi connectivity index (χ3v) is 2.36. The van der Waals surface area contributed by atoms with E-state index in [4.69, 9.17) is 0 Å². The van der Waals surface area contributed by atoms with Gasteiger partial charge in [0.2, 0.25) is 0 Å². The number of halogens is 6. The predicted molar refractivity (Wildman–Crippen MR) is 37.2 cm³/mol. The van der Waals surface area contributed by atoms with E-state index in [9.17, 15) is 26.3 Å². The fourth-order valence-electron chi connectivity index (χ4n) is 1.12. The molecule has 13 heavy (non-hydrogen) atoms. The molecule has 0 amide bonds. The fraction of sp³-hybridized carbons (Fsp3) is 1.00. The molecule has 0 aromatic rings. The Kier molecular flexibility index (Phi) is 2.75. The molecule has 0 bridgehead atoms. The van der Waals surface area contributed by atoms with Crippen LogP contribution in [0.25, 0.3) is 0 Å². The molecule has 1 aliphatic rings. The quantitative estimate of drug-likeness (QED) is 0.431. The van der Waals surface area contributed by atoms with Crippen LogP contribution in [-0.4, -0.2) is 40.8 Å². The summed E-state index contributed by atoms with van der Waals surface area (Å²) < 4.78 is 73.6. The summed E-state index contributed by atoms with van der Waals surface area (Å²) in [5, 5.41) is 0. The van der Waals surface area contributed by atoms with Gasteiger partial charge >= 0.3 is 40.8 Å². The molecule has 1 aliphatic carbocycles. The lowest BCUT2D eigenvalue weighted by Crippen LogP contribution is -2.79. The molecule has 1 fully saturated rings. The van der Waals surface area contributed by atoms with Gasteiger partial charge in [0.25, 0.3) is 0 Å². The largest absolute Gasteiger partial charge is 0.373 e. The van der Waals surface area contributed by atoms with E-state index in [0.717, 1.165) is 0 Å². The molecule has 76 valence electrons. The molecule has 0 N–H and O–H groups in total. The van der Waals surface area contributed by atoms with E-state index in [1.807, 2.05) is 0 Å². The zero-order valence-corrected chi connectivity index (χ0v) is 6.27. The maximum atomic E-state index is 12.4. The second-order valence-electron chi connectivity index (χ2n) is 3.35. The molecule has 0 spiro atoms. The summed E-state index contributed by atoms with van der Waals surface area (Å²) in [5.74, 6) is -14.5. The molecular formula is C6H8F6Mg. The van der Waals surface area contributed by atoms with Gasteiger partial charge in [0.1, 0.15) is 5.41 Å². The van der Waals surface area contributed by atoms with Crippen molar-refractivity contribution < 1.29 is 26.3 Å². The molecule has 0 aromatic heterocycles. The zero-order chi connectivity index (χ0) is 10.0. The van der Waals surface area contributed by atoms with E-state index in [1.165, 1.54) is 0 Å². The van der Waals surface area contributed by atoms with Gasteiger partial charge in [-0.15, -0.1) is 0 Å². The lowest BCUT2D eigenvalue weighted by atomic mass is 9.61. The molecule has 0 heterocycles. The number of hydrogen-bond donors (Lipinski definition) is 0. The second kappa shape index (κ2) is 2.68. The van der Waals surface area contributed by atoms with Crippen LogP contribution < -0.4 is 0 Å². The minimum Gasteiger partial charge on any atom is -0.199 e. The third-order valence-electron chi connectivity index (χ3n) is 2.36. The molecule has 0 saturated heterocycles. The summed E-state index contributed by atoms with van der Waals surface area (Å²) in [4.78, 5) is 0. The molecule has 0 radical (unpaired) electrons. The molecule has 0 aromatic carbocycles. The Morgan fingerprint density at radius 1 is 0.615 bits per heavy atom. The van der Waals surface area contributed by atoms with Gasteiger partial charge < -0.3 is 0 Å². The molecule has 0 atom stereocenters. The van der Waals surface area contributed by atoms with Gasteiger partial charge in [-0.2, -0.15) is 26.3 Å². The lowest BCUT2D eigenvalue weighted by Gasteiger charge is -2.55. The first-order valence-electron chi connectivity index (χ1n) is 3.13. The van der Waals surface area contributed by atoms with Crippen molar-refractivity contribution in [3.05, 3.63) is 0 Å². The maximum absolute atomic E-state index is 12.4. The van der Waals surface area contributed by atoms with E-state index < -0.39 is 23.2 Å². The highest BCUT2D eigenvalue weighted by atomic mass is 24.3. The van der Waals surface area contributed by atoms with Crippen molar-refractivity contribution in [1.82, 2.24) is 0 Å². The van der Waals surface area contributed by atoms with Crippen molar-refractivity contribution >= 4 is 23.1 Å². The Labute approximate surface area is 86.8 Å². The molecule has 1 saturated carbocycles. The van der Waals surface area contributed by atoms with Crippen molar-refractivity contribution in [3.8, 4) is 0 Å². The first-order chi connectivity index (χ1) is 5.00. The fourth-order valence-corrected chi connectivity index (χ4v) is 1.12. The van der Waals surface area contributed by atoms with Crippen molar-refractivity contribution in [1.29, 1.82) is 0 Å². The average molecular weight is 218 g/mol. The summed E-state index contributed by atoms with van der Waals surface area (Å²) in [7, 11) is 0. The minimum atomic E-state index is -5.22. The van der Waals surface area contributed by atoms with Crippen molar-refractivity contribution in [2.45, 2.75) is 31.6 Å². The van der Waals surface area contributed by atoms with Gasteiger partial charge in [-0.05, 0) is 13.8 Å². The highest BCUT2D eigenvalue weighted by Gasteiger charge is 2.94.